The lowest BCUT2D eigenvalue weighted by atomic mass is 9.66. The molecule has 0 saturated heterocycles. The molecule has 0 atom stereocenters. The van der Waals surface area contributed by atoms with Crippen LogP contribution >= 0.6 is 0 Å². The van der Waals surface area contributed by atoms with Crippen LogP contribution in [0.3, 0.4) is 0 Å². The molecule has 0 unspecified atom stereocenters. The first-order valence-electron chi connectivity index (χ1n) is 21.0. The molecule has 286 valence electrons. The molecule has 1 aliphatic heterocycles. The maximum absolute atomic E-state index is 6.59. The highest BCUT2D eigenvalue weighted by Crippen LogP contribution is 2.62. The minimum absolute atomic E-state index is 0.506. The molecule has 1 aliphatic carbocycles. The average molecular weight is 778 g/mol. The summed E-state index contributed by atoms with van der Waals surface area (Å²) < 4.78 is 6.59. The number of benzene rings is 10. The van der Waals surface area contributed by atoms with Crippen LogP contribution in [0.2, 0.25) is 0 Å². The summed E-state index contributed by atoms with van der Waals surface area (Å²) in [5.41, 5.74) is 17.4. The Morgan fingerprint density at radius 1 is 0.295 bits per heavy atom. The summed E-state index contributed by atoms with van der Waals surface area (Å²) in [6.07, 6.45) is 0. The van der Waals surface area contributed by atoms with E-state index in [1.165, 1.54) is 72.0 Å². The van der Waals surface area contributed by atoms with Crippen molar-refractivity contribution in [2.75, 3.05) is 4.90 Å². The molecule has 0 fully saturated rings. The van der Waals surface area contributed by atoms with Crippen molar-refractivity contribution in [2.45, 2.75) is 5.41 Å². The fraction of sp³-hybridized carbons (Fsp3) is 0.0169. The van der Waals surface area contributed by atoms with E-state index in [4.69, 9.17) is 4.74 Å². The molecule has 0 radical (unpaired) electrons. The van der Waals surface area contributed by atoms with Crippen LogP contribution in [0.15, 0.2) is 237 Å². The molecule has 1 spiro atoms. The molecule has 2 nitrogen and oxygen atoms in total. The Morgan fingerprint density at radius 3 is 1.43 bits per heavy atom. The number of fused-ring (bicyclic) bond motifs is 10. The van der Waals surface area contributed by atoms with E-state index in [-0.39, 0.29) is 0 Å². The second-order valence-electron chi connectivity index (χ2n) is 16.0. The first-order valence-corrected chi connectivity index (χ1v) is 21.0. The fourth-order valence-electron chi connectivity index (χ4n) is 9.98. The summed E-state index contributed by atoms with van der Waals surface area (Å²) >= 11 is 0. The summed E-state index contributed by atoms with van der Waals surface area (Å²) in [5, 5.41) is 2.50. The van der Waals surface area contributed by atoms with Crippen molar-refractivity contribution in [3.63, 3.8) is 0 Å². The minimum Gasteiger partial charge on any atom is -0.457 e. The van der Waals surface area contributed by atoms with E-state index in [0.717, 1.165) is 34.1 Å². The van der Waals surface area contributed by atoms with Crippen LogP contribution in [0.4, 0.5) is 17.1 Å². The third-order valence-corrected chi connectivity index (χ3v) is 12.8. The highest BCUT2D eigenvalue weighted by atomic mass is 16.5. The van der Waals surface area contributed by atoms with E-state index in [9.17, 15) is 0 Å². The van der Waals surface area contributed by atoms with Crippen LogP contribution in [0.1, 0.15) is 22.3 Å². The Balaban J connectivity index is 0.961. The standard InChI is InChI=1S/C59H39NO/c1-2-13-40(14-3-1)41-25-32-46(33-26-41)60(48-36-29-44(30-37-48)50-19-12-16-43-15-4-5-17-49(43)50)47-34-27-42(28-35-47)45-31-38-52-51-18-6-7-20-53(51)59(56(52)39-45)54-21-8-10-23-57(54)61-58-24-11-9-22-55(58)59/h1-39H. The zero-order valence-electron chi connectivity index (χ0n) is 33.4. The van der Waals surface area contributed by atoms with E-state index < -0.39 is 5.41 Å². The van der Waals surface area contributed by atoms with Crippen molar-refractivity contribution in [3.8, 4) is 56.0 Å². The lowest BCUT2D eigenvalue weighted by Crippen LogP contribution is -2.32. The van der Waals surface area contributed by atoms with Crippen molar-refractivity contribution >= 4 is 27.8 Å². The van der Waals surface area contributed by atoms with E-state index >= 15 is 0 Å². The third-order valence-electron chi connectivity index (χ3n) is 12.8. The number of para-hydroxylation sites is 2. The number of nitrogens with zero attached hydrogens (tertiary/aromatic N) is 1. The van der Waals surface area contributed by atoms with Crippen molar-refractivity contribution < 1.29 is 4.74 Å². The molecule has 0 amide bonds. The molecular formula is C59H39NO. The van der Waals surface area contributed by atoms with E-state index in [2.05, 4.69) is 241 Å². The maximum Gasteiger partial charge on any atom is 0.132 e. The predicted octanol–water partition coefficient (Wildman–Crippen LogP) is 15.8. The monoisotopic (exact) mass is 777 g/mol. The van der Waals surface area contributed by atoms with Crippen LogP contribution < -0.4 is 9.64 Å². The first kappa shape index (κ1) is 35.0. The normalized spacial score (nSPS) is 12.9. The van der Waals surface area contributed by atoms with Gasteiger partial charge in [0.05, 0.1) is 5.41 Å². The molecule has 0 saturated carbocycles. The van der Waals surface area contributed by atoms with Gasteiger partial charge in [0.25, 0.3) is 0 Å². The van der Waals surface area contributed by atoms with Gasteiger partial charge in [-0.15, -0.1) is 0 Å². The van der Waals surface area contributed by atoms with Crippen LogP contribution in [-0.4, -0.2) is 0 Å². The second-order valence-corrected chi connectivity index (χ2v) is 16.0. The van der Waals surface area contributed by atoms with Crippen LogP contribution in [0.25, 0.3) is 55.3 Å². The van der Waals surface area contributed by atoms with Gasteiger partial charge in [0, 0.05) is 28.2 Å². The zero-order valence-corrected chi connectivity index (χ0v) is 33.4. The highest BCUT2D eigenvalue weighted by Gasteiger charge is 2.51. The first-order chi connectivity index (χ1) is 30.2. The summed E-state index contributed by atoms with van der Waals surface area (Å²) in [4.78, 5) is 2.36. The quantitative estimate of drug-likeness (QED) is 0.167. The van der Waals surface area contributed by atoms with Gasteiger partial charge in [-0.25, -0.2) is 0 Å². The van der Waals surface area contributed by atoms with Crippen molar-refractivity contribution in [1.29, 1.82) is 0 Å². The number of rotatable bonds is 6. The zero-order chi connectivity index (χ0) is 40.3. The Bertz CT molecular complexity index is 3210. The van der Waals surface area contributed by atoms with Gasteiger partial charge in [0.1, 0.15) is 11.5 Å². The van der Waals surface area contributed by atoms with Crippen molar-refractivity contribution in [2.24, 2.45) is 0 Å². The molecule has 0 bridgehead atoms. The largest absolute Gasteiger partial charge is 0.457 e. The van der Waals surface area contributed by atoms with Crippen LogP contribution in [-0.2, 0) is 5.41 Å². The summed E-state index contributed by atoms with van der Waals surface area (Å²) in [6, 6.07) is 85.8. The van der Waals surface area contributed by atoms with Gasteiger partial charge in [-0.3, -0.25) is 0 Å². The molecule has 1 heterocycles. The molecule has 0 aromatic heterocycles. The summed E-state index contributed by atoms with van der Waals surface area (Å²) in [5.74, 6) is 1.81. The number of hydrogen-bond donors (Lipinski definition) is 0. The van der Waals surface area contributed by atoms with Gasteiger partial charge >= 0.3 is 0 Å². The Labute approximate surface area is 356 Å². The topological polar surface area (TPSA) is 12.5 Å². The number of hydrogen-bond acceptors (Lipinski definition) is 2. The number of anilines is 3. The second kappa shape index (κ2) is 14.1. The lowest BCUT2D eigenvalue weighted by Gasteiger charge is -2.39. The van der Waals surface area contributed by atoms with E-state index in [1.54, 1.807) is 0 Å². The van der Waals surface area contributed by atoms with Gasteiger partial charge in [0.2, 0.25) is 0 Å². The van der Waals surface area contributed by atoms with Crippen molar-refractivity contribution in [3.05, 3.63) is 259 Å². The van der Waals surface area contributed by atoms with Crippen LogP contribution in [0.5, 0.6) is 11.5 Å². The van der Waals surface area contributed by atoms with Crippen LogP contribution in [0, 0.1) is 0 Å². The Kier molecular flexibility index (Phi) is 8.11. The van der Waals surface area contributed by atoms with Crippen molar-refractivity contribution in [1.82, 2.24) is 0 Å². The molecule has 2 heteroatoms. The van der Waals surface area contributed by atoms with E-state index in [1.807, 2.05) is 0 Å². The smallest absolute Gasteiger partial charge is 0.132 e. The Hall–Kier alpha value is -7.94. The summed E-state index contributed by atoms with van der Waals surface area (Å²) in [7, 11) is 0. The van der Waals surface area contributed by atoms with Gasteiger partial charge in [-0.2, -0.15) is 0 Å². The molecule has 12 rings (SSSR count). The van der Waals surface area contributed by atoms with Gasteiger partial charge in [-0.05, 0) is 121 Å². The number of ether oxygens (including phenoxy) is 1. The third kappa shape index (κ3) is 5.57. The van der Waals surface area contributed by atoms with Gasteiger partial charge in [0.15, 0.2) is 0 Å². The van der Waals surface area contributed by atoms with Gasteiger partial charge < -0.3 is 9.64 Å². The predicted molar refractivity (Wildman–Crippen MR) is 252 cm³/mol. The molecule has 61 heavy (non-hydrogen) atoms. The maximum atomic E-state index is 6.59. The SMILES string of the molecule is c1ccc(-c2ccc(N(c3ccc(-c4ccc5c(c4)C4(c6ccccc6Oc6ccccc64)c4ccccc4-5)cc3)c3ccc(-c4cccc5ccccc45)cc3)cc2)cc1. The van der Waals surface area contributed by atoms with Gasteiger partial charge in [-0.1, -0.05) is 182 Å². The molecular weight excluding hydrogens is 739 g/mol. The Morgan fingerprint density at radius 2 is 0.754 bits per heavy atom. The molecule has 10 aromatic rings. The molecule has 2 aliphatic rings. The fourth-order valence-corrected chi connectivity index (χ4v) is 9.98. The highest BCUT2D eigenvalue weighted by molar-refractivity contribution is 5.97. The minimum atomic E-state index is -0.506. The molecule has 10 aromatic carbocycles. The van der Waals surface area contributed by atoms with E-state index in [0.29, 0.717) is 0 Å². The summed E-state index contributed by atoms with van der Waals surface area (Å²) in [6.45, 7) is 0. The molecule has 0 N–H and O–H groups in total. The average Bonchev–Trinajstić information content (AvgIpc) is 3.62. The lowest BCUT2D eigenvalue weighted by molar-refractivity contribution is 0.436.